The molecule has 0 N–H and O–H groups in total. The maximum atomic E-state index is 12.4. The van der Waals surface area contributed by atoms with E-state index in [1.807, 2.05) is 12.2 Å². The predicted molar refractivity (Wildman–Crippen MR) is 46.7 cm³/mol. The van der Waals surface area contributed by atoms with Crippen molar-refractivity contribution in [3.05, 3.63) is 48.8 Å². The number of ether oxygens (including phenoxy) is 1. The fourth-order valence-corrected chi connectivity index (χ4v) is 0.826. The van der Waals surface area contributed by atoms with Gasteiger partial charge in [-0.2, -0.15) is 0 Å². The summed E-state index contributed by atoms with van der Waals surface area (Å²) in [6, 6.07) is 6.25. The van der Waals surface area contributed by atoms with Gasteiger partial charge in [0.25, 0.3) is 0 Å². The molecular weight excluding hydrogens is 155 g/mol. The lowest BCUT2D eigenvalue weighted by Crippen LogP contribution is -1.78. The number of rotatable bonds is 3. The molecule has 0 aliphatic rings. The Kier molecular flexibility index (Phi) is 3.48. The zero-order valence-electron chi connectivity index (χ0n) is 6.66. The van der Waals surface area contributed by atoms with Crippen LogP contribution in [0.2, 0.25) is 0 Å². The van der Waals surface area contributed by atoms with E-state index in [2.05, 4.69) is 11.8 Å². The Morgan fingerprint density at radius 2 is 2.00 bits per heavy atom. The van der Waals surface area contributed by atoms with Crippen LogP contribution in [0, 0.1) is 12.9 Å². The first-order chi connectivity index (χ1) is 5.83. The molecule has 0 atom stereocenters. The van der Waals surface area contributed by atoms with Gasteiger partial charge in [0.15, 0.2) is 0 Å². The quantitative estimate of drug-likeness (QED) is 0.669. The summed E-state index contributed by atoms with van der Waals surface area (Å²) in [5, 5.41) is 0. The first kappa shape index (κ1) is 8.94. The van der Waals surface area contributed by atoms with E-state index < -0.39 is 0 Å². The van der Waals surface area contributed by atoms with Crippen LogP contribution in [0.5, 0.6) is 0 Å². The van der Waals surface area contributed by atoms with Crippen LogP contribution < -0.4 is 0 Å². The zero-order chi connectivity index (χ0) is 8.81. The second-order valence-electron chi connectivity index (χ2n) is 2.32. The first-order valence-corrected chi connectivity index (χ1v) is 3.62. The second-order valence-corrected chi connectivity index (χ2v) is 2.32. The van der Waals surface area contributed by atoms with Gasteiger partial charge in [0.2, 0.25) is 0 Å². The molecule has 0 fully saturated rings. The monoisotopic (exact) mass is 165 g/mol. The molecule has 1 radical (unpaired) electrons. The van der Waals surface area contributed by atoms with Crippen LogP contribution in [0.3, 0.4) is 0 Å². The van der Waals surface area contributed by atoms with Crippen molar-refractivity contribution in [1.29, 1.82) is 0 Å². The van der Waals surface area contributed by atoms with Crippen molar-refractivity contribution in [2.75, 3.05) is 6.61 Å². The minimum absolute atomic E-state index is 0.222. The lowest BCUT2D eigenvalue weighted by Gasteiger charge is -1.92. The molecule has 1 nitrogen and oxygen atoms in total. The maximum absolute atomic E-state index is 12.4. The molecule has 0 heterocycles. The molecule has 63 valence electrons. The predicted octanol–water partition coefficient (Wildman–Crippen LogP) is 2.65. The minimum atomic E-state index is -0.222. The van der Waals surface area contributed by atoms with E-state index in [0.717, 1.165) is 5.56 Å². The van der Waals surface area contributed by atoms with Crippen molar-refractivity contribution in [1.82, 2.24) is 0 Å². The van der Waals surface area contributed by atoms with E-state index in [4.69, 9.17) is 0 Å². The highest BCUT2D eigenvalue weighted by Gasteiger charge is 1.87. The van der Waals surface area contributed by atoms with Crippen molar-refractivity contribution in [3.63, 3.8) is 0 Å². The van der Waals surface area contributed by atoms with Gasteiger partial charge in [-0.05, 0) is 17.7 Å². The van der Waals surface area contributed by atoms with Gasteiger partial charge in [0, 0.05) is 0 Å². The Morgan fingerprint density at radius 3 is 2.58 bits per heavy atom. The third-order valence-corrected chi connectivity index (χ3v) is 1.39. The molecular formula is C10H10FO. The first-order valence-electron chi connectivity index (χ1n) is 3.62. The van der Waals surface area contributed by atoms with Crippen molar-refractivity contribution in [2.45, 2.75) is 0 Å². The van der Waals surface area contributed by atoms with Crippen molar-refractivity contribution in [3.8, 4) is 0 Å². The molecule has 0 unspecified atom stereocenters. The standard InChI is InChI=1S/C10H10FO/c1-12-8-2-3-9-4-6-10(11)7-5-9/h2-7H,1,8H2. The Hall–Kier alpha value is -1.15. The second kappa shape index (κ2) is 4.67. The third kappa shape index (κ3) is 2.84. The molecule has 0 aliphatic carbocycles. The summed E-state index contributed by atoms with van der Waals surface area (Å²) in [6.07, 6.45) is 3.67. The van der Waals surface area contributed by atoms with Gasteiger partial charge in [-0.15, -0.1) is 0 Å². The summed E-state index contributed by atoms with van der Waals surface area (Å²) in [7, 11) is 3.22. The van der Waals surface area contributed by atoms with Crippen LogP contribution in [-0.2, 0) is 4.74 Å². The smallest absolute Gasteiger partial charge is 0.123 e. The molecule has 0 aromatic heterocycles. The summed E-state index contributed by atoms with van der Waals surface area (Å²) < 4.78 is 17.0. The Bertz CT molecular complexity index is 251. The molecule has 0 saturated carbocycles. The molecule has 0 aliphatic heterocycles. The summed E-state index contributed by atoms with van der Waals surface area (Å²) in [6.45, 7) is 0.470. The average molecular weight is 165 g/mol. The van der Waals surface area contributed by atoms with Gasteiger partial charge in [-0.3, -0.25) is 0 Å². The Morgan fingerprint density at radius 1 is 1.33 bits per heavy atom. The highest BCUT2D eigenvalue weighted by atomic mass is 19.1. The van der Waals surface area contributed by atoms with Gasteiger partial charge in [0.05, 0.1) is 13.7 Å². The van der Waals surface area contributed by atoms with E-state index in [9.17, 15) is 4.39 Å². The van der Waals surface area contributed by atoms with E-state index in [-0.39, 0.29) is 5.82 Å². The molecule has 1 rings (SSSR count). The van der Waals surface area contributed by atoms with Crippen molar-refractivity contribution in [2.24, 2.45) is 0 Å². The summed E-state index contributed by atoms with van der Waals surface area (Å²) in [5.41, 5.74) is 0.952. The largest absolute Gasteiger partial charge is 0.375 e. The molecule has 1 aromatic carbocycles. The average Bonchev–Trinajstić information content (AvgIpc) is 2.09. The van der Waals surface area contributed by atoms with Crippen LogP contribution in [0.1, 0.15) is 5.56 Å². The van der Waals surface area contributed by atoms with Gasteiger partial charge >= 0.3 is 0 Å². The fourth-order valence-electron chi connectivity index (χ4n) is 0.826. The highest BCUT2D eigenvalue weighted by molar-refractivity contribution is 5.48. The molecule has 0 bridgehead atoms. The van der Waals surface area contributed by atoms with E-state index in [1.54, 1.807) is 12.1 Å². The lowest BCUT2D eigenvalue weighted by atomic mass is 10.2. The van der Waals surface area contributed by atoms with E-state index in [1.165, 1.54) is 12.1 Å². The number of hydrogen-bond acceptors (Lipinski definition) is 1. The van der Waals surface area contributed by atoms with E-state index in [0.29, 0.717) is 6.61 Å². The minimum Gasteiger partial charge on any atom is -0.375 e. The maximum Gasteiger partial charge on any atom is 0.123 e. The molecule has 12 heavy (non-hydrogen) atoms. The van der Waals surface area contributed by atoms with Crippen LogP contribution in [0.25, 0.3) is 6.08 Å². The van der Waals surface area contributed by atoms with Crippen LogP contribution >= 0.6 is 0 Å². The van der Waals surface area contributed by atoms with Gasteiger partial charge in [-0.25, -0.2) is 4.39 Å². The molecule has 0 spiro atoms. The Balaban J connectivity index is 2.58. The normalized spacial score (nSPS) is 10.8. The number of halogens is 1. The van der Waals surface area contributed by atoms with Gasteiger partial charge in [0.1, 0.15) is 5.82 Å². The van der Waals surface area contributed by atoms with Crippen LogP contribution in [-0.4, -0.2) is 6.61 Å². The third-order valence-electron chi connectivity index (χ3n) is 1.39. The summed E-state index contributed by atoms with van der Waals surface area (Å²) >= 11 is 0. The van der Waals surface area contributed by atoms with Crippen LogP contribution in [0.15, 0.2) is 30.3 Å². The van der Waals surface area contributed by atoms with Gasteiger partial charge in [-0.1, -0.05) is 24.3 Å². The van der Waals surface area contributed by atoms with Crippen LogP contribution in [0.4, 0.5) is 4.39 Å². The van der Waals surface area contributed by atoms with Crippen molar-refractivity contribution < 1.29 is 9.13 Å². The zero-order valence-corrected chi connectivity index (χ0v) is 6.66. The Labute approximate surface area is 71.5 Å². The van der Waals surface area contributed by atoms with Crippen molar-refractivity contribution >= 4 is 6.08 Å². The summed E-state index contributed by atoms with van der Waals surface area (Å²) in [4.78, 5) is 0. The number of hydrogen-bond donors (Lipinski definition) is 0. The summed E-state index contributed by atoms with van der Waals surface area (Å²) in [5.74, 6) is -0.222. The number of benzene rings is 1. The topological polar surface area (TPSA) is 9.23 Å². The molecule has 1 aromatic rings. The highest BCUT2D eigenvalue weighted by Crippen LogP contribution is 2.04. The van der Waals surface area contributed by atoms with Gasteiger partial charge < -0.3 is 4.74 Å². The SMILES string of the molecule is [CH2]OCC=Cc1ccc(F)cc1. The lowest BCUT2D eigenvalue weighted by molar-refractivity contribution is 0.282. The molecule has 0 amide bonds. The van der Waals surface area contributed by atoms with E-state index >= 15 is 0 Å². The fraction of sp³-hybridized carbons (Fsp3) is 0.100. The molecule has 2 heteroatoms. The molecule has 0 saturated heterocycles.